The van der Waals surface area contributed by atoms with Gasteiger partial charge in [-0.05, 0) is 26.0 Å². The van der Waals surface area contributed by atoms with Gasteiger partial charge in [0.2, 0.25) is 0 Å². The molecule has 104 valence electrons. The topological polar surface area (TPSA) is 98.7 Å². The van der Waals surface area contributed by atoms with Crippen LogP contribution in [0, 0.1) is 10.1 Å². The fourth-order valence-electron chi connectivity index (χ4n) is 1.58. The van der Waals surface area contributed by atoms with E-state index in [0.717, 1.165) is 0 Å². The smallest absolute Gasteiger partial charge is 0.295 e. The van der Waals surface area contributed by atoms with E-state index in [0.29, 0.717) is 13.1 Å². The Morgan fingerprint density at radius 3 is 2.58 bits per heavy atom. The van der Waals surface area contributed by atoms with E-state index in [1.54, 1.807) is 4.90 Å². The fraction of sp³-hybridized carbons (Fsp3) is 0.417. The van der Waals surface area contributed by atoms with Gasteiger partial charge in [-0.3, -0.25) is 14.9 Å². The first kappa shape index (κ1) is 14.7. The monoisotopic (exact) mass is 267 g/mol. The summed E-state index contributed by atoms with van der Waals surface area (Å²) in [5.74, 6) is 0.0888. The zero-order valence-electron chi connectivity index (χ0n) is 11.0. The van der Waals surface area contributed by atoms with Gasteiger partial charge in [-0.15, -0.1) is 0 Å². The molecule has 0 unspecified atom stereocenters. The number of nitro groups is 1. The fourth-order valence-corrected chi connectivity index (χ4v) is 1.58. The molecule has 7 nitrogen and oxygen atoms in total. The van der Waals surface area contributed by atoms with Gasteiger partial charge in [0.25, 0.3) is 11.6 Å². The summed E-state index contributed by atoms with van der Waals surface area (Å²) in [6.45, 7) is 4.79. The standard InChI is InChI=1S/C12H17N3O4/c1-3-14(4-2)12(16)8-19-9-5-6-10(13)11(7-9)15(17)18/h5-7H,3-4,8,13H2,1-2H3. The molecule has 0 spiro atoms. The maximum absolute atomic E-state index is 11.7. The quantitative estimate of drug-likeness (QED) is 0.477. The average Bonchev–Trinajstić information content (AvgIpc) is 2.38. The van der Waals surface area contributed by atoms with Gasteiger partial charge in [-0.1, -0.05) is 0 Å². The molecule has 1 aromatic rings. The predicted octanol–water partition coefficient (Wildman–Crippen LogP) is 1.42. The Labute approximate surface area is 111 Å². The van der Waals surface area contributed by atoms with Crippen molar-refractivity contribution < 1.29 is 14.5 Å². The van der Waals surface area contributed by atoms with Gasteiger partial charge in [0.05, 0.1) is 11.0 Å². The number of benzene rings is 1. The number of nitro benzene ring substituents is 1. The van der Waals surface area contributed by atoms with Gasteiger partial charge < -0.3 is 15.4 Å². The lowest BCUT2D eigenvalue weighted by Gasteiger charge is -2.18. The summed E-state index contributed by atoms with van der Waals surface area (Å²) in [5, 5.41) is 10.7. The Bertz CT molecular complexity index is 472. The van der Waals surface area contributed by atoms with Gasteiger partial charge in [0.15, 0.2) is 6.61 Å². The number of rotatable bonds is 6. The molecule has 0 aliphatic carbocycles. The largest absolute Gasteiger partial charge is 0.484 e. The molecule has 1 amide bonds. The molecule has 0 saturated heterocycles. The van der Waals surface area contributed by atoms with Crippen molar-refractivity contribution in [1.82, 2.24) is 4.90 Å². The second kappa shape index (κ2) is 6.58. The minimum atomic E-state index is -0.589. The zero-order chi connectivity index (χ0) is 14.4. The van der Waals surface area contributed by atoms with Crippen molar-refractivity contribution in [2.24, 2.45) is 0 Å². The van der Waals surface area contributed by atoms with Crippen molar-refractivity contribution >= 4 is 17.3 Å². The SMILES string of the molecule is CCN(CC)C(=O)COc1ccc(N)c([N+](=O)[O-])c1. The van der Waals surface area contributed by atoms with Crippen molar-refractivity contribution in [1.29, 1.82) is 0 Å². The molecule has 1 aromatic carbocycles. The van der Waals surface area contributed by atoms with Crippen molar-refractivity contribution in [2.75, 3.05) is 25.4 Å². The van der Waals surface area contributed by atoms with Crippen LogP contribution in [-0.2, 0) is 4.79 Å². The lowest BCUT2D eigenvalue weighted by molar-refractivity contribution is -0.384. The highest BCUT2D eigenvalue weighted by atomic mass is 16.6. The average molecular weight is 267 g/mol. The summed E-state index contributed by atoms with van der Waals surface area (Å²) < 4.78 is 5.25. The first-order valence-electron chi connectivity index (χ1n) is 5.94. The molecule has 1 rings (SSSR count). The van der Waals surface area contributed by atoms with Crippen LogP contribution in [0.4, 0.5) is 11.4 Å². The maximum atomic E-state index is 11.7. The van der Waals surface area contributed by atoms with E-state index < -0.39 is 4.92 Å². The van der Waals surface area contributed by atoms with Crippen LogP contribution in [0.1, 0.15) is 13.8 Å². The number of nitrogen functional groups attached to an aromatic ring is 1. The Morgan fingerprint density at radius 1 is 1.42 bits per heavy atom. The molecule has 0 aliphatic rings. The van der Waals surface area contributed by atoms with Crippen LogP contribution < -0.4 is 10.5 Å². The molecule has 0 radical (unpaired) electrons. The third-order valence-electron chi connectivity index (χ3n) is 2.68. The number of hydrogen-bond donors (Lipinski definition) is 1. The van der Waals surface area contributed by atoms with Gasteiger partial charge in [0, 0.05) is 13.1 Å². The number of ether oxygens (including phenoxy) is 1. The van der Waals surface area contributed by atoms with E-state index in [9.17, 15) is 14.9 Å². The third kappa shape index (κ3) is 3.84. The first-order valence-corrected chi connectivity index (χ1v) is 5.94. The van der Waals surface area contributed by atoms with E-state index in [1.165, 1.54) is 18.2 Å². The van der Waals surface area contributed by atoms with Crippen molar-refractivity contribution in [3.63, 3.8) is 0 Å². The number of nitrogens with zero attached hydrogens (tertiary/aromatic N) is 2. The van der Waals surface area contributed by atoms with E-state index in [4.69, 9.17) is 10.5 Å². The van der Waals surface area contributed by atoms with Gasteiger partial charge >= 0.3 is 0 Å². The Hall–Kier alpha value is -2.31. The van der Waals surface area contributed by atoms with Crippen LogP contribution in [0.2, 0.25) is 0 Å². The molecule has 2 N–H and O–H groups in total. The van der Waals surface area contributed by atoms with Crippen LogP contribution in [0.25, 0.3) is 0 Å². The summed E-state index contributed by atoms with van der Waals surface area (Å²) in [7, 11) is 0. The van der Waals surface area contributed by atoms with Crippen LogP contribution >= 0.6 is 0 Å². The molecule has 0 heterocycles. The summed E-state index contributed by atoms with van der Waals surface area (Å²) >= 11 is 0. The maximum Gasteiger partial charge on any atom is 0.295 e. The molecular weight excluding hydrogens is 250 g/mol. The van der Waals surface area contributed by atoms with Crippen molar-refractivity contribution in [2.45, 2.75) is 13.8 Å². The summed E-state index contributed by atoms with van der Waals surface area (Å²) in [6.07, 6.45) is 0. The number of amides is 1. The highest BCUT2D eigenvalue weighted by Crippen LogP contribution is 2.26. The number of carbonyl (C=O) groups excluding carboxylic acids is 1. The highest BCUT2D eigenvalue weighted by molar-refractivity contribution is 5.77. The molecule has 0 atom stereocenters. The second-order valence-corrected chi connectivity index (χ2v) is 3.83. The molecule has 0 fully saturated rings. The van der Waals surface area contributed by atoms with Gasteiger partial charge in [-0.25, -0.2) is 0 Å². The van der Waals surface area contributed by atoms with E-state index in [-0.39, 0.29) is 29.6 Å². The number of nitrogens with two attached hydrogens (primary N) is 1. The molecule has 7 heteroatoms. The third-order valence-corrected chi connectivity index (χ3v) is 2.68. The Morgan fingerprint density at radius 2 is 2.05 bits per heavy atom. The lowest BCUT2D eigenvalue weighted by Crippen LogP contribution is -2.34. The summed E-state index contributed by atoms with van der Waals surface area (Å²) in [5.41, 5.74) is 5.30. The molecule has 0 saturated carbocycles. The first-order chi connectivity index (χ1) is 8.99. The normalized spacial score (nSPS) is 10.0. The molecule has 0 aliphatic heterocycles. The Balaban J connectivity index is 2.71. The number of likely N-dealkylation sites (N-methyl/N-ethyl adjacent to an activating group) is 1. The number of anilines is 1. The summed E-state index contributed by atoms with van der Waals surface area (Å²) in [4.78, 5) is 23.4. The van der Waals surface area contributed by atoms with Gasteiger partial charge in [-0.2, -0.15) is 0 Å². The van der Waals surface area contributed by atoms with Crippen LogP contribution in [-0.4, -0.2) is 35.4 Å². The van der Waals surface area contributed by atoms with Crippen LogP contribution in [0.3, 0.4) is 0 Å². The van der Waals surface area contributed by atoms with Crippen LogP contribution in [0.5, 0.6) is 5.75 Å². The zero-order valence-corrected chi connectivity index (χ0v) is 11.0. The molecule has 0 aromatic heterocycles. The van der Waals surface area contributed by atoms with Crippen LogP contribution in [0.15, 0.2) is 18.2 Å². The lowest BCUT2D eigenvalue weighted by atomic mass is 10.2. The minimum absolute atomic E-state index is 0.0624. The van der Waals surface area contributed by atoms with Crippen molar-refractivity contribution in [3.8, 4) is 5.75 Å². The van der Waals surface area contributed by atoms with E-state index >= 15 is 0 Å². The minimum Gasteiger partial charge on any atom is -0.484 e. The number of carbonyl (C=O) groups is 1. The summed E-state index contributed by atoms with van der Waals surface area (Å²) in [6, 6.07) is 4.10. The van der Waals surface area contributed by atoms with E-state index in [2.05, 4.69) is 0 Å². The molecule has 0 bridgehead atoms. The number of hydrogen-bond acceptors (Lipinski definition) is 5. The Kier molecular flexibility index (Phi) is 5.11. The highest BCUT2D eigenvalue weighted by Gasteiger charge is 2.14. The van der Waals surface area contributed by atoms with E-state index in [1.807, 2.05) is 13.8 Å². The van der Waals surface area contributed by atoms with Gasteiger partial charge in [0.1, 0.15) is 11.4 Å². The van der Waals surface area contributed by atoms with Crippen molar-refractivity contribution in [3.05, 3.63) is 28.3 Å². The molecular formula is C12H17N3O4. The molecule has 19 heavy (non-hydrogen) atoms. The predicted molar refractivity (Wildman–Crippen MR) is 70.9 cm³/mol. The second-order valence-electron chi connectivity index (χ2n) is 3.83.